The van der Waals surface area contributed by atoms with Gasteiger partial charge in [0, 0.05) is 11.8 Å². The molecule has 2 rings (SSSR count). The number of hydrogen-bond acceptors (Lipinski definition) is 3. The van der Waals surface area contributed by atoms with Crippen LogP contribution < -0.4 is 4.74 Å². The topological polar surface area (TPSA) is 35.0 Å². The lowest BCUT2D eigenvalue weighted by molar-refractivity contribution is 0.415. The fraction of sp³-hybridized carbons (Fsp3) is 0.231. The molecular formula is C13H14N2O. The Balaban J connectivity index is 2.28. The van der Waals surface area contributed by atoms with Crippen molar-refractivity contribution < 1.29 is 4.74 Å². The summed E-state index contributed by atoms with van der Waals surface area (Å²) < 4.78 is 5.11. The summed E-state index contributed by atoms with van der Waals surface area (Å²) in [5.74, 6) is 0.849. The molecule has 0 aliphatic rings. The molecule has 0 amide bonds. The van der Waals surface area contributed by atoms with E-state index in [9.17, 15) is 0 Å². The Morgan fingerprint density at radius 3 is 2.31 bits per heavy atom. The molecule has 0 unspecified atom stereocenters. The monoisotopic (exact) mass is 214 g/mol. The van der Waals surface area contributed by atoms with Gasteiger partial charge in [-0.25, -0.2) is 0 Å². The van der Waals surface area contributed by atoms with Crippen molar-refractivity contribution in [2.75, 3.05) is 7.11 Å². The van der Waals surface area contributed by atoms with E-state index in [4.69, 9.17) is 4.74 Å². The molecule has 0 N–H and O–H groups in total. The van der Waals surface area contributed by atoms with Gasteiger partial charge in [0.25, 0.3) is 0 Å². The number of aryl methyl sites for hydroxylation is 1. The highest BCUT2D eigenvalue weighted by Gasteiger charge is 2.00. The minimum Gasteiger partial charge on any atom is -0.497 e. The van der Waals surface area contributed by atoms with E-state index in [1.165, 1.54) is 0 Å². The Hall–Kier alpha value is -1.90. The van der Waals surface area contributed by atoms with Gasteiger partial charge in [-0.2, -0.15) is 0 Å². The Labute approximate surface area is 95.1 Å². The van der Waals surface area contributed by atoms with Crippen molar-refractivity contribution in [1.82, 2.24) is 9.97 Å². The molecule has 1 heterocycles. The van der Waals surface area contributed by atoms with Crippen molar-refractivity contribution >= 4 is 0 Å². The molecule has 82 valence electrons. The summed E-state index contributed by atoms with van der Waals surface area (Å²) in [4.78, 5) is 8.69. The maximum absolute atomic E-state index is 5.11. The highest BCUT2D eigenvalue weighted by Crippen LogP contribution is 2.19. The van der Waals surface area contributed by atoms with Crippen LogP contribution in [0.4, 0.5) is 0 Å². The zero-order chi connectivity index (χ0) is 11.4. The zero-order valence-electron chi connectivity index (χ0n) is 9.47. The van der Waals surface area contributed by atoms with Crippen LogP contribution in [-0.4, -0.2) is 17.1 Å². The van der Waals surface area contributed by atoms with Crippen molar-refractivity contribution in [3.63, 3.8) is 0 Å². The van der Waals surface area contributed by atoms with E-state index in [0.29, 0.717) is 0 Å². The molecule has 0 saturated carbocycles. The minimum atomic E-state index is 0.849. The standard InChI is InChI=1S/C13H14N2O/c1-3-11-8-15-13(9-14-11)10-4-6-12(16-2)7-5-10/h4-9H,3H2,1-2H3. The van der Waals surface area contributed by atoms with Gasteiger partial charge in [0.05, 0.1) is 24.7 Å². The van der Waals surface area contributed by atoms with E-state index >= 15 is 0 Å². The first kappa shape index (κ1) is 10.6. The lowest BCUT2D eigenvalue weighted by Crippen LogP contribution is -1.91. The highest BCUT2D eigenvalue weighted by molar-refractivity contribution is 5.58. The van der Waals surface area contributed by atoms with E-state index in [2.05, 4.69) is 16.9 Å². The fourth-order valence-electron chi connectivity index (χ4n) is 1.45. The van der Waals surface area contributed by atoms with Gasteiger partial charge in [-0.15, -0.1) is 0 Å². The average Bonchev–Trinajstić information content (AvgIpc) is 2.39. The summed E-state index contributed by atoms with van der Waals surface area (Å²) in [5.41, 5.74) is 2.95. The molecule has 0 saturated heterocycles. The Morgan fingerprint density at radius 2 is 1.81 bits per heavy atom. The van der Waals surface area contributed by atoms with Gasteiger partial charge in [0.2, 0.25) is 0 Å². The molecular weight excluding hydrogens is 200 g/mol. The minimum absolute atomic E-state index is 0.849. The van der Waals surface area contributed by atoms with E-state index in [0.717, 1.165) is 29.1 Å². The molecule has 0 aliphatic carbocycles. The smallest absolute Gasteiger partial charge is 0.118 e. The third kappa shape index (κ3) is 2.19. The van der Waals surface area contributed by atoms with Gasteiger partial charge in [-0.05, 0) is 30.7 Å². The van der Waals surface area contributed by atoms with Crippen molar-refractivity contribution in [2.24, 2.45) is 0 Å². The van der Waals surface area contributed by atoms with Crippen LogP contribution in [0.15, 0.2) is 36.7 Å². The first-order valence-corrected chi connectivity index (χ1v) is 5.29. The molecule has 1 aromatic heterocycles. The second-order valence-electron chi connectivity index (χ2n) is 3.48. The van der Waals surface area contributed by atoms with Crippen LogP contribution in [0.5, 0.6) is 5.75 Å². The number of aromatic nitrogens is 2. The van der Waals surface area contributed by atoms with Gasteiger partial charge in [-0.1, -0.05) is 6.92 Å². The third-order valence-electron chi connectivity index (χ3n) is 2.45. The van der Waals surface area contributed by atoms with Gasteiger partial charge in [0.15, 0.2) is 0 Å². The van der Waals surface area contributed by atoms with Crippen LogP contribution in [0, 0.1) is 0 Å². The van der Waals surface area contributed by atoms with Gasteiger partial charge >= 0.3 is 0 Å². The number of ether oxygens (including phenoxy) is 1. The second-order valence-corrected chi connectivity index (χ2v) is 3.48. The number of methoxy groups -OCH3 is 1. The zero-order valence-corrected chi connectivity index (χ0v) is 9.47. The average molecular weight is 214 g/mol. The van der Waals surface area contributed by atoms with E-state index in [1.54, 1.807) is 13.3 Å². The van der Waals surface area contributed by atoms with Gasteiger partial charge in [-0.3, -0.25) is 9.97 Å². The van der Waals surface area contributed by atoms with E-state index in [-0.39, 0.29) is 0 Å². The van der Waals surface area contributed by atoms with Crippen LogP contribution >= 0.6 is 0 Å². The lowest BCUT2D eigenvalue weighted by Gasteiger charge is -2.03. The van der Waals surface area contributed by atoms with Crippen LogP contribution in [0.3, 0.4) is 0 Å². The Morgan fingerprint density at radius 1 is 1.06 bits per heavy atom. The summed E-state index contributed by atoms with van der Waals surface area (Å²) >= 11 is 0. The van der Waals surface area contributed by atoms with E-state index < -0.39 is 0 Å². The number of benzene rings is 1. The molecule has 1 aromatic carbocycles. The maximum Gasteiger partial charge on any atom is 0.118 e. The molecule has 3 heteroatoms. The SMILES string of the molecule is CCc1cnc(-c2ccc(OC)cc2)cn1. The first-order chi connectivity index (χ1) is 7.83. The van der Waals surface area contributed by atoms with Crippen LogP contribution in [-0.2, 0) is 6.42 Å². The molecule has 0 aliphatic heterocycles. The Kier molecular flexibility index (Phi) is 3.15. The Bertz CT molecular complexity index is 403. The highest BCUT2D eigenvalue weighted by atomic mass is 16.5. The molecule has 3 nitrogen and oxygen atoms in total. The summed E-state index contributed by atoms with van der Waals surface area (Å²) in [6.45, 7) is 2.07. The molecule has 0 spiro atoms. The first-order valence-electron chi connectivity index (χ1n) is 5.29. The normalized spacial score (nSPS) is 10.1. The number of rotatable bonds is 3. The summed E-state index contributed by atoms with van der Waals surface area (Å²) in [7, 11) is 1.66. The second kappa shape index (κ2) is 4.75. The predicted octanol–water partition coefficient (Wildman–Crippen LogP) is 2.71. The summed E-state index contributed by atoms with van der Waals surface area (Å²) in [6.07, 6.45) is 4.54. The third-order valence-corrected chi connectivity index (χ3v) is 2.45. The molecule has 0 bridgehead atoms. The molecule has 16 heavy (non-hydrogen) atoms. The fourth-order valence-corrected chi connectivity index (χ4v) is 1.45. The van der Waals surface area contributed by atoms with Crippen molar-refractivity contribution in [3.8, 4) is 17.0 Å². The molecule has 0 atom stereocenters. The predicted molar refractivity (Wildman–Crippen MR) is 63.4 cm³/mol. The summed E-state index contributed by atoms with van der Waals surface area (Å²) in [5, 5.41) is 0. The van der Waals surface area contributed by atoms with Crippen molar-refractivity contribution in [2.45, 2.75) is 13.3 Å². The quantitative estimate of drug-likeness (QED) is 0.788. The molecule has 0 radical (unpaired) electrons. The van der Waals surface area contributed by atoms with Crippen LogP contribution in [0.2, 0.25) is 0 Å². The van der Waals surface area contributed by atoms with Gasteiger partial charge < -0.3 is 4.74 Å². The van der Waals surface area contributed by atoms with Crippen LogP contribution in [0.1, 0.15) is 12.6 Å². The molecule has 0 fully saturated rings. The summed E-state index contributed by atoms with van der Waals surface area (Å²) in [6, 6.07) is 7.80. The van der Waals surface area contributed by atoms with Gasteiger partial charge in [0.1, 0.15) is 5.75 Å². The van der Waals surface area contributed by atoms with E-state index in [1.807, 2.05) is 30.5 Å². The largest absolute Gasteiger partial charge is 0.497 e. The van der Waals surface area contributed by atoms with Crippen molar-refractivity contribution in [1.29, 1.82) is 0 Å². The van der Waals surface area contributed by atoms with Crippen molar-refractivity contribution in [3.05, 3.63) is 42.4 Å². The maximum atomic E-state index is 5.11. The number of hydrogen-bond donors (Lipinski definition) is 0. The lowest BCUT2D eigenvalue weighted by atomic mass is 10.1. The number of nitrogens with zero attached hydrogens (tertiary/aromatic N) is 2. The molecule has 2 aromatic rings. The van der Waals surface area contributed by atoms with Crippen LogP contribution in [0.25, 0.3) is 11.3 Å².